The molecule has 2 N–H and O–H groups in total. The minimum atomic E-state index is -0.395. The van der Waals surface area contributed by atoms with Crippen LogP contribution in [-0.2, 0) is 16.0 Å². The molecular formula is C20H24N6O3S. The van der Waals surface area contributed by atoms with Crippen LogP contribution in [0.15, 0.2) is 18.3 Å². The fraction of sp³-hybridized carbons (Fsp3) is 0.450. The van der Waals surface area contributed by atoms with E-state index in [9.17, 15) is 9.59 Å². The summed E-state index contributed by atoms with van der Waals surface area (Å²) in [6.07, 6.45) is 1.46. The van der Waals surface area contributed by atoms with E-state index < -0.39 is 6.10 Å². The van der Waals surface area contributed by atoms with Crippen LogP contribution >= 0.6 is 11.3 Å². The smallest absolute Gasteiger partial charge is 0.261 e. The van der Waals surface area contributed by atoms with Gasteiger partial charge in [-0.2, -0.15) is 5.10 Å². The molecule has 0 saturated carbocycles. The van der Waals surface area contributed by atoms with Crippen LogP contribution in [0.2, 0.25) is 0 Å². The quantitative estimate of drug-likeness (QED) is 0.643. The molecule has 1 atom stereocenters. The number of pyridine rings is 1. The van der Waals surface area contributed by atoms with Crippen molar-refractivity contribution in [3.63, 3.8) is 0 Å². The van der Waals surface area contributed by atoms with E-state index in [4.69, 9.17) is 4.74 Å². The summed E-state index contributed by atoms with van der Waals surface area (Å²) in [4.78, 5) is 37.3. The number of fused-ring (bicyclic) bond motifs is 1. The fourth-order valence-corrected chi connectivity index (χ4v) is 4.65. The van der Waals surface area contributed by atoms with Crippen molar-refractivity contribution in [1.82, 2.24) is 30.4 Å². The highest BCUT2D eigenvalue weighted by atomic mass is 32.1. The number of morpholine rings is 1. The normalized spacial score (nSPS) is 16.9. The number of amides is 2. The van der Waals surface area contributed by atoms with Gasteiger partial charge in [-0.25, -0.2) is 9.97 Å². The van der Waals surface area contributed by atoms with E-state index >= 15 is 0 Å². The first kappa shape index (κ1) is 20.4. The Balaban J connectivity index is 1.56. The standard InChI is InChI=1S/C20H24N6O3S/c1-11(2)18-23-14(24-25-18)9-15(27)26-7-8-29-13(10-26)16-12-5-4-6-22-20(12)30-17(16)19(28)21-3/h4-6,11,13H,7-10H2,1-3H3,(H,21,28)(H,23,24,25)/t13-/m0/s1. The largest absolute Gasteiger partial charge is 0.370 e. The van der Waals surface area contributed by atoms with Gasteiger partial charge in [-0.15, -0.1) is 11.3 Å². The second kappa shape index (κ2) is 8.49. The van der Waals surface area contributed by atoms with Gasteiger partial charge in [0.1, 0.15) is 21.6 Å². The molecular weight excluding hydrogens is 404 g/mol. The van der Waals surface area contributed by atoms with E-state index in [0.29, 0.717) is 36.2 Å². The van der Waals surface area contributed by atoms with Crippen LogP contribution in [0.5, 0.6) is 0 Å². The van der Waals surface area contributed by atoms with Crippen LogP contribution in [0.3, 0.4) is 0 Å². The number of hydrogen-bond acceptors (Lipinski definition) is 7. The Morgan fingerprint density at radius 1 is 1.43 bits per heavy atom. The predicted octanol–water partition coefficient (Wildman–Crippen LogP) is 2.04. The van der Waals surface area contributed by atoms with Crippen molar-refractivity contribution in [1.29, 1.82) is 0 Å². The number of nitrogens with zero attached hydrogens (tertiary/aromatic N) is 4. The molecule has 0 radical (unpaired) electrons. The lowest BCUT2D eigenvalue weighted by molar-refractivity contribution is -0.138. The molecule has 2 amide bonds. The van der Waals surface area contributed by atoms with Crippen molar-refractivity contribution in [3.05, 3.63) is 40.4 Å². The summed E-state index contributed by atoms with van der Waals surface area (Å²) < 4.78 is 6.00. The summed E-state index contributed by atoms with van der Waals surface area (Å²) in [5.74, 6) is 1.23. The van der Waals surface area contributed by atoms with Gasteiger partial charge in [-0.1, -0.05) is 19.9 Å². The summed E-state index contributed by atoms with van der Waals surface area (Å²) in [6.45, 7) is 5.27. The van der Waals surface area contributed by atoms with Crippen LogP contribution < -0.4 is 5.32 Å². The fourth-order valence-electron chi connectivity index (χ4n) is 3.51. The van der Waals surface area contributed by atoms with Gasteiger partial charge in [0.05, 0.1) is 19.6 Å². The van der Waals surface area contributed by atoms with E-state index in [1.54, 1.807) is 18.1 Å². The molecule has 158 valence electrons. The molecule has 4 rings (SSSR count). The van der Waals surface area contributed by atoms with Gasteiger partial charge in [0.25, 0.3) is 5.91 Å². The van der Waals surface area contributed by atoms with Gasteiger partial charge in [0.2, 0.25) is 5.91 Å². The number of aromatic nitrogens is 4. The number of thiophene rings is 1. The summed E-state index contributed by atoms with van der Waals surface area (Å²) in [6, 6.07) is 3.78. The molecule has 1 saturated heterocycles. The lowest BCUT2D eigenvalue weighted by Crippen LogP contribution is -2.43. The molecule has 0 unspecified atom stereocenters. The lowest BCUT2D eigenvalue weighted by Gasteiger charge is -2.33. The first-order valence-electron chi connectivity index (χ1n) is 9.88. The molecule has 10 heteroatoms. The molecule has 1 fully saturated rings. The maximum atomic E-state index is 12.9. The molecule has 0 aliphatic carbocycles. The van der Waals surface area contributed by atoms with Crippen LogP contribution in [0.1, 0.15) is 52.8 Å². The zero-order valence-corrected chi connectivity index (χ0v) is 18.0. The number of carbonyl (C=O) groups excluding carboxylic acids is 2. The van der Waals surface area contributed by atoms with Crippen molar-refractivity contribution in [2.75, 3.05) is 26.7 Å². The molecule has 1 aliphatic heterocycles. The molecule has 30 heavy (non-hydrogen) atoms. The average Bonchev–Trinajstić information content (AvgIpc) is 3.38. The van der Waals surface area contributed by atoms with Crippen molar-refractivity contribution in [3.8, 4) is 0 Å². The Kier molecular flexibility index (Phi) is 5.78. The lowest BCUT2D eigenvalue weighted by atomic mass is 10.0. The van der Waals surface area contributed by atoms with Crippen molar-refractivity contribution in [2.24, 2.45) is 0 Å². The van der Waals surface area contributed by atoms with E-state index in [1.165, 1.54) is 11.3 Å². The number of nitrogens with one attached hydrogen (secondary N) is 2. The highest BCUT2D eigenvalue weighted by Gasteiger charge is 2.31. The topological polar surface area (TPSA) is 113 Å². The zero-order valence-electron chi connectivity index (χ0n) is 17.1. The first-order chi connectivity index (χ1) is 14.5. The van der Waals surface area contributed by atoms with Gasteiger partial charge in [-0.3, -0.25) is 14.7 Å². The van der Waals surface area contributed by atoms with Crippen LogP contribution in [0, 0.1) is 0 Å². The number of H-pyrrole nitrogens is 1. The summed E-state index contributed by atoms with van der Waals surface area (Å²) >= 11 is 1.34. The highest BCUT2D eigenvalue weighted by Crippen LogP contribution is 2.37. The molecule has 3 aromatic rings. The maximum Gasteiger partial charge on any atom is 0.261 e. The summed E-state index contributed by atoms with van der Waals surface area (Å²) in [5, 5.41) is 10.6. The van der Waals surface area contributed by atoms with Crippen LogP contribution in [0.4, 0.5) is 0 Å². The van der Waals surface area contributed by atoms with E-state index in [0.717, 1.165) is 15.8 Å². The van der Waals surface area contributed by atoms with Crippen molar-refractivity contribution >= 4 is 33.4 Å². The third-order valence-corrected chi connectivity index (χ3v) is 6.19. The first-order valence-corrected chi connectivity index (χ1v) is 10.7. The monoisotopic (exact) mass is 428 g/mol. The molecule has 0 bridgehead atoms. The number of rotatable bonds is 5. The number of aromatic amines is 1. The Morgan fingerprint density at radius 2 is 2.27 bits per heavy atom. The minimum absolute atomic E-state index is 0.0473. The van der Waals surface area contributed by atoms with Crippen LogP contribution in [-0.4, -0.2) is 63.6 Å². The van der Waals surface area contributed by atoms with Crippen LogP contribution in [0.25, 0.3) is 10.2 Å². The van der Waals surface area contributed by atoms with E-state index in [1.807, 2.05) is 26.0 Å². The highest BCUT2D eigenvalue weighted by molar-refractivity contribution is 7.20. The summed E-state index contributed by atoms with van der Waals surface area (Å²) in [5.41, 5.74) is 0.793. The van der Waals surface area contributed by atoms with Gasteiger partial charge in [-0.05, 0) is 6.07 Å². The Hall–Kier alpha value is -2.85. The van der Waals surface area contributed by atoms with Gasteiger partial charge in [0, 0.05) is 36.7 Å². The number of carbonyl (C=O) groups is 2. The zero-order chi connectivity index (χ0) is 21.3. The Labute approximate surface area is 177 Å². The summed E-state index contributed by atoms with van der Waals surface area (Å²) in [7, 11) is 1.60. The SMILES string of the molecule is CNC(=O)c1sc2ncccc2c1[C@@H]1CN(C(=O)Cc2nc(C(C)C)n[nH]2)CCO1. The average molecular weight is 429 g/mol. The van der Waals surface area contributed by atoms with E-state index in [-0.39, 0.29) is 24.2 Å². The molecule has 3 aromatic heterocycles. The van der Waals surface area contributed by atoms with Gasteiger partial charge in [0.15, 0.2) is 5.82 Å². The van der Waals surface area contributed by atoms with E-state index in [2.05, 4.69) is 25.5 Å². The third kappa shape index (κ3) is 3.92. The molecule has 1 aliphatic rings. The van der Waals surface area contributed by atoms with Crippen molar-refractivity contribution < 1.29 is 14.3 Å². The number of ether oxygens (including phenoxy) is 1. The Morgan fingerprint density at radius 3 is 3.00 bits per heavy atom. The molecule has 0 aromatic carbocycles. The van der Waals surface area contributed by atoms with Gasteiger partial charge < -0.3 is 15.0 Å². The maximum absolute atomic E-state index is 12.9. The van der Waals surface area contributed by atoms with Crippen molar-refractivity contribution in [2.45, 2.75) is 32.3 Å². The van der Waals surface area contributed by atoms with Gasteiger partial charge >= 0.3 is 0 Å². The predicted molar refractivity (Wildman–Crippen MR) is 112 cm³/mol. The molecule has 4 heterocycles. The Bertz CT molecular complexity index is 1080. The second-order valence-electron chi connectivity index (χ2n) is 7.45. The third-order valence-electron chi connectivity index (χ3n) is 5.06. The number of hydrogen-bond donors (Lipinski definition) is 2. The second-order valence-corrected chi connectivity index (χ2v) is 8.45. The molecule has 9 nitrogen and oxygen atoms in total. The minimum Gasteiger partial charge on any atom is -0.370 e. The molecule has 0 spiro atoms.